The Hall–Kier alpha value is -1.36. The van der Waals surface area contributed by atoms with E-state index in [-0.39, 0.29) is 0 Å². The van der Waals surface area contributed by atoms with Crippen LogP contribution in [-0.2, 0) is 4.74 Å². The van der Waals surface area contributed by atoms with Crippen molar-refractivity contribution in [2.24, 2.45) is 0 Å². The van der Waals surface area contributed by atoms with Gasteiger partial charge in [0, 0.05) is 26.2 Å². The molecule has 1 aromatic rings. The average molecular weight is 252 g/mol. The van der Waals surface area contributed by atoms with Crippen LogP contribution in [0.2, 0.25) is 0 Å². The first-order chi connectivity index (χ1) is 8.72. The zero-order valence-corrected chi connectivity index (χ0v) is 11.8. The summed E-state index contributed by atoms with van der Waals surface area (Å²) in [5.74, 6) is 1.72. The first kappa shape index (κ1) is 14.7. The molecule has 0 radical (unpaired) electrons. The molecule has 0 saturated heterocycles. The van der Waals surface area contributed by atoms with Crippen LogP contribution >= 0.6 is 0 Å². The number of anilines is 2. The Bertz CT molecular complexity index is 346. The highest BCUT2D eigenvalue weighted by Gasteiger charge is 2.14. The van der Waals surface area contributed by atoms with Crippen molar-refractivity contribution in [1.29, 1.82) is 0 Å². The van der Waals surface area contributed by atoms with E-state index in [2.05, 4.69) is 34.0 Å². The molecular weight excluding hydrogens is 228 g/mol. The number of hydrogen-bond donors (Lipinski definition) is 1. The molecule has 0 fully saturated rings. The summed E-state index contributed by atoms with van der Waals surface area (Å²) in [5, 5.41) is 3.18. The molecule has 1 N–H and O–H groups in total. The van der Waals surface area contributed by atoms with Crippen LogP contribution in [0.1, 0.15) is 27.2 Å². The molecule has 0 aliphatic rings. The van der Waals surface area contributed by atoms with Gasteiger partial charge < -0.3 is 15.0 Å². The Morgan fingerprint density at radius 3 is 2.78 bits per heavy atom. The summed E-state index contributed by atoms with van der Waals surface area (Å²) >= 11 is 0. The van der Waals surface area contributed by atoms with Crippen molar-refractivity contribution >= 4 is 11.6 Å². The normalized spacial score (nSPS) is 12.2. The van der Waals surface area contributed by atoms with Gasteiger partial charge in [0.25, 0.3) is 0 Å². The fraction of sp³-hybridized carbons (Fsp3) is 0.692. The van der Waals surface area contributed by atoms with Crippen molar-refractivity contribution in [3.8, 4) is 0 Å². The largest absolute Gasteiger partial charge is 0.383 e. The van der Waals surface area contributed by atoms with Crippen LogP contribution in [0.4, 0.5) is 11.6 Å². The van der Waals surface area contributed by atoms with Gasteiger partial charge in [0.2, 0.25) is 0 Å². The summed E-state index contributed by atoms with van der Waals surface area (Å²) in [7, 11) is 1.72. The van der Waals surface area contributed by atoms with Crippen LogP contribution < -0.4 is 10.2 Å². The van der Waals surface area contributed by atoms with Crippen molar-refractivity contribution < 1.29 is 4.74 Å². The number of methoxy groups -OCH3 is 1. The van der Waals surface area contributed by atoms with Crippen LogP contribution in [0.3, 0.4) is 0 Å². The Kier molecular flexibility index (Phi) is 6.43. The minimum absolute atomic E-state index is 0.423. The van der Waals surface area contributed by atoms with Crippen LogP contribution in [0.25, 0.3) is 0 Å². The first-order valence-electron chi connectivity index (χ1n) is 6.54. The molecule has 18 heavy (non-hydrogen) atoms. The maximum atomic E-state index is 5.16. The summed E-state index contributed by atoms with van der Waals surface area (Å²) in [5.41, 5.74) is 0. The highest BCUT2D eigenvalue weighted by molar-refractivity contribution is 5.44. The lowest BCUT2D eigenvalue weighted by Gasteiger charge is -2.29. The minimum Gasteiger partial charge on any atom is -0.383 e. The lowest BCUT2D eigenvalue weighted by molar-refractivity contribution is 0.203. The molecule has 1 heterocycles. The fourth-order valence-corrected chi connectivity index (χ4v) is 1.73. The molecular formula is C13H24N4O. The number of aromatic nitrogens is 2. The van der Waals surface area contributed by atoms with E-state index in [0.29, 0.717) is 12.6 Å². The summed E-state index contributed by atoms with van der Waals surface area (Å²) in [6.45, 7) is 8.78. The molecule has 0 aliphatic carbocycles. The van der Waals surface area contributed by atoms with Gasteiger partial charge in [-0.25, -0.2) is 4.98 Å². The molecule has 1 unspecified atom stereocenters. The second-order valence-corrected chi connectivity index (χ2v) is 4.24. The minimum atomic E-state index is 0.423. The summed E-state index contributed by atoms with van der Waals surface area (Å²) in [6.07, 6.45) is 4.62. The molecule has 1 aromatic heterocycles. The number of nitrogens with zero attached hydrogens (tertiary/aromatic N) is 3. The lowest BCUT2D eigenvalue weighted by atomic mass is 10.2. The van der Waals surface area contributed by atoms with Crippen LogP contribution in [0.5, 0.6) is 0 Å². The van der Waals surface area contributed by atoms with Gasteiger partial charge in [0.1, 0.15) is 11.6 Å². The average Bonchev–Trinajstić information content (AvgIpc) is 2.39. The molecule has 102 valence electrons. The zero-order valence-electron chi connectivity index (χ0n) is 11.8. The molecule has 1 rings (SSSR count). The quantitative estimate of drug-likeness (QED) is 0.768. The van der Waals surface area contributed by atoms with E-state index in [9.17, 15) is 0 Å². The fourth-order valence-electron chi connectivity index (χ4n) is 1.73. The lowest BCUT2D eigenvalue weighted by Crippen LogP contribution is -2.36. The van der Waals surface area contributed by atoms with E-state index < -0.39 is 0 Å². The van der Waals surface area contributed by atoms with Gasteiger partial charge in [0.15, 0.2) is 0 Å². The molecule has 0 amide bonds. The van der Waals surface area contributed by atoms with E-state index in [0.717, 1.165) is 31.1 Å². The van der Waals surface area contributed by atoms with Gasteiger partial charge in [-0.3, -0.25) is 4.98 Å². The van der Waals surface area contributed by atoms with E-state index in [4.69, 9.17) is 4.74 Å². The molecule has 0 aliphatic heterocycles. The number of ether oxygens (including phenoxy) is 1. The SMILES string of the molecule is CCNc1cncc(N(CCOC)C(C)CC)n1. The van der Waals surface area contributed by atoms with Crippen molar-refractivity contribution in [3.63, 3.8) is 0 Å². The zero-order chi connectivity index (χ0) is 13.4. The highest BCUT2D eigenvalue weighted by Crippen LogP contribution is 2.16. The van der Waals surface area contributed by atoms with Crippen molar-refractivity contribution in [1.82, 2.24) is 9.97 Å². The first-order valence-corrected chi connectivity index (χ1v) is 6.54. The van der Waals surface area contributed by atoms with Gasteiger partial charge in [-0.15, -0.1) is 0 Å². The predicted molar refractivity (Wildman–Crippen MR) is 75.2 cm³/mol. The standard InChI is InChI=1S/C13H24N4O/c1-5-11(3)17(7-8-18-4)13-10-14-9-12(16-13)15-6-2/h9-11H,5-8H2,1-4H3,(H,15,16). The van der Waals surface area contributed by atoms with Crippen molar-refractivity contribution in [2.45, 2.75) is 33.2 Å². The Morgan fingerprint density at radius 2 is 2.17 bits per heavy atom. The van der Waals surface area contributed by atoms with E-state index in [1.54, 1.807) is 13.3 Å². The highest BCUT2D eigenvalue weighted by atomic mass is 16.5. The number of nitrogens with one attached hydrogen (secondary N) is 1. The van der Waals surface area contributed by atoms with Gasteiger partial charge in [0.05, 0.1) is 19.0 Å². The van der Waals surface area contributed by atoms with Crippen LogP contribution in [0, 0.1) is 0 Å². The van der Waals surface area contributed by atoms with Crippen LogP contribution in [0.15, 0.2) is 12.4 Å². The number of hydrogen-bond acceptors (Lipinski definition) is 5. The molecule has 5 nitrogen and oxygen atoms in total. The Balaban J connectivity index is 2.85. The molecule has 1 atom stereocenters. The monoisotopic (exact) mass is 252 g/mol. The summed E-state index contributed by atoms with van der Waals surface area (Å²) in [4.78, 5) is 11.1. The van der Waals surface area contributed by atoms with E-state index >= 15 is 0 Å². The third-order valence-electron chi connectivity index (χ3n) is 2.93. The van der Waals surface area contributed by atoms with E-state index in [1.165, 1.54) is 0 Å². The second-order valence-electron chi connectivity index (χ2n) is 4.24. The smallest absolute Gasteiger partial charge is 0.149 e. The maximum absolute atomic E-state index is 5.16. The molecule has 5 heteroatoms. The van der Waals surface area contributed by atoms with Crippen LogP contribution in [-0.4, -0.2) is 42.8 Å². The predicted octanol–water partition coefficient (Wildman–Crippen LogP) is 2.16. The van der Waals surface area contributed by atoms with Gasteiger partial charge in [-0.05, 0) is 20.3 Å². The number of rotatable bonds is 8. The molecule has 0 aromatic carbocycles. The van der Waals surface area contributed by atoms with Crippen molar-refractivity contribution in [3.05, 3.63) is 12.4 Å². The second kappa shape index (κ2) is 7.87. The van der Waals surface area contributed by atoms with Crippen molar-refractivity contribution in [2.75, 3.05) is 37.0 Å². The molecule has 0 bridgehead atoms. The van der Waals surface area contributed by atoms with E-state index in [1.807, 2.05) is 13.1 Å². The molecule has 0 spiro atoms. The summed E-state index contributed by atoms with van der Waals surface area (Å²) in [6, 6.07) is 0.423. The third-order valence-corrected chi connectivity index (χ3v) is 2.93. The maximum Gasteiger partial charge on any atom is 0.149 e. The van der Waals surface area contributed by atoms with Gasteiger partial charge in [-0.1, -0.05) is 6.92 Å². The Labute approximate surface area is 110 Å². The van der Waals surface area contributed by atoms with Gasteiger partial charge in [-0.2, -0.15) is 0 Å². The topological polar surface area (TPSA) is 50.3 Å². The molecule has 0 saturated carbocycles. The third kappa shape index (κ3) is 4.14. The van der Waals surface area contributed by atoms with Gasteiger partial charge >= 0.3 is 0 Å². The Morgan fingerprint density at radius 1 is 1.39 bits per heavy atom. The summed E-state index contributed by atoms with van der Waals surface area (Å²) < 4.78 is 5.16.